The highest BCUT2D eigenvalue weighted by atomic mass is 15.1. The number of hydrogen-bond donors (Lipinski definition) is 0. The molecule has 0 amide bonds. The van der Waals surface area contributed by atoms with Gasteiger partial charge < -0.3 is 4.90 Å². The van der Waals surface area contributed by atoms with Crippen molar-refractivity contribution in [2.45, 2.75) is 24.2 Å². The minimum Gasteiger partial charge on any atom is -0.310 e. The maximum atomic E-state index is 2.61. The van der Waals surface area contributed by atoms with Crippen molar-refractivity contribution in [1.82, 2.24) is 0 Å². The largest absolute Gasteiger partial charge is 0.310 e. The van der Waals surface area contributed by atoms with Gasteiger partial charge >= 0.3 is 0 Å². The van der Waals surface area contributed by atoms with Crippen LogP contribution in [0.5, 0.6) is 0 Å². The average Bonchev–Trinajstić information content (AvgIpc) is 3.87. The Kier molecular flexibility index (Phi) is 8.16. The van der Waals surface area contributed by atoms with E-state index in [1.54, 1.807) is 0 Å². The highest BCUT2D eigenvalue weighted by molar-refractivity contribution is 6.08. The van der Waals surface area contributed by atoms with E-state index in [0.29, 0.717) is 0 Å². The van der Waals surface area contributed by atoms with Crippen LogP contribution >= 0.6 is 0 Å². The van der Waals surface area contributed by atoms with Crippen LogP contribution in [0.3, 0.4) is 0 Å². The molecule has 0 aliphatic heterocycles. The molecule has 3 aliphatic rings. The van der Waals surface area contributed by atoms with Gasteiger partial charge in [-0.05, 0) is 125 Å². The Labute approximate surface area is 391 Å². The monoisotopic (exact) mass is 851 g/mol. The molecule has 0 saturated heterocycles. The number of anilines is 3. The topological polar surface area (TPSA) is 3.24 Å². The third-order valence-corrected chi connectivity index (χ3v) is 15.5. The molecule has 1 nitrogen and oxygen atoms in total. The van der Waals surface area contributed by atoms with Crippen LogP contribution in [-0.2, 0) is 17.3 Å². The van der Waals surface area contributed by atoms with E-state index in [1.165, 1.54) is 105 Å². The first-order valence-electron chi connectivity index (χ1n) is 23.7. The van der Waals surface area contributed by atoms with E-state index in [-0.39, 0.29) is 0 Å². The molecule has 0 saturated carbocycles. The van der Waals surface area contributed by atoms with Crippen molar-refractivity contribution in [3.63, 3.8) is 0 Å². The molecule has 0 bridgehead atoms. The van der Waals surface area contributed by atoms with Gasteiger partial charge in [-0.15, -0.1) is 0 Å². The normalized spacial score (nSPS) is 15.5. The second-order valence-electron chi connectivity index (χ2n) is 18.5. The van der Waals surface area contributed by atoms with Gasteiger partial charge in [0.1, 0.15) is 0 Å². The summed E-state index contributed by atoms with van der Waals surface area (Å²) >= 11 is 0. The fraction of sp³-hybridized carbons (Fsp3) is 0.0606. The summed E-state index contributed by atoms with van der Waals surface area (Å²) in [5.74, 6) is 0. The molecule has 11 aromatic carbocycles. The predicted molar refractivity (Wildman–Crippen MR) is 279 cm³/mol. The Bertz CT molecular complexity index is 3760. The molecule has 0 heterocycles. The summed E-state index contributed by atoms with van der Waals surface area (Å²) in [7, 11) is 0. The van der Waals surface area contributed by atoms with Crippen LogP contribution in [0.2, 0.25) is 0 Å². The number of aryl methyl sites for hydroxylation is 1. The summed E-state index contributed by atoms with van der Waals surface area (Å²) in [5, 5.41) is 5.07. The molecule has 1 heteroatoms. The summed E-state index contributed by atoms with van der Waals surface area (Å²) < 4.78 is 0. The SMILES string of the molecule is CCc1ccc2cccc3c2c1C1(c2ccccc2-c2ccc(N(c4cccc5c4C(c4ccccc4)(c4ccccc4)c4ccccc4-5)c4cccc5ccccc45)cc21)c1ccccc1-3. The van der Waals surface area contributed by atoms with Crippen LogP contribution < -0.4 is 4.90 Å². The molecule has 1 spiro atoms. The zero-order valence-corrected chi connectivity index (χ0v) is 37.2. The zero-order valence-electron chi connectivity index (χ0n) is 37.2. The van der Waals surface area contributed by atoms with Gasteiger partial charge in [-0.2, -0.15) is 0 Å². The Hall–Kier alpha value is -8.26. The van der Waals surface area contributed by atoms with E-state index >= 15 is 0 Å². The fourth-order valence-corrected chi connectivity index (χ4v) is 13.0. The minimum absolute atomic E-state index is 0.561. The van der Waals surface area contributed by atoms with E-state index in [0.717, 1.165) is 23.5 Å². The molecule has 1 atom stereocenters. The summed E-state index contributed by atoms with van der Waals surface area (Å²) in [6, 6.07) is 91.8. The van der Waals surface area contributed by atoms with Crippen LogP contribution in [0.25, 0.3) is 54.9 Å². The van der Waals surface area contributed by atoms with Gasteiger partial charge in [0, 0.05) is 16.6 Å². The third kappa shape index (κ3) is 4.98. The lowest BCUT2D eigenvalue weighted by Gasteiger charge is -2.42. The molecule has 314 valence electrons. The fourth-order valence-electron chi connectivity index (χ4n) is 13.0. The van der Waals surface area contributed by atoms with Crippen LogP contribution in [-0.4, -0.2) is 0 Å². The molecular formula is C66H45N. The predicted octanol–water partition coefficient (Wildman–Crippen LogP) is 16.7. The molecule has 0 N–H and O–H groups in total. The lowest BCUT2D eigenvalue weighted by molar-refractivity contribution is 0.759. The number of fused-ring (bicyclic) bond motifs is 13. The lowest BCUT2D eigenvalue weighted by atomic mass is 9.60. The quantitative estimate of drug-likeness (QED) is 0.161. The second-order valence-corrected chi connectivity index (χ2v) is 18.5. The van der Waals surface area contributed by atoms with Crippen molar-refractivity contribution in [2.24, 2.45) is 0 Å². The summed E-state index contributed by atoms with van der Waals surface area (Å²) in [5.41, 5.74) is 21.9. The van der Waals surface area contributed by atoms with E-state index in [1.807, 2.05) is 0 Å². The summed E-state index contributed by atoms with van der Waals surface area (Å²) in [6.07, 6.45) is 0.931. The van der Waals surface area contributed by atoms with Gasteiger partial charge in [-0.25, -0.2) is 0 Å². The number of benzene rings is 11. The standard InChI is InChI=1S/C66H45N/c1-2-43-38-39-45-22-17-31-54-51-29-12-16-35-58(51)66(63(43)62(45)54)57-34-15-11-28-50(57)53-41-40-48(42-59(53)66)67(60-36-18-21-44-20-9-10-27-49(44)60)61-37-19-32-55-52-30-13-14-33-56(52)65(64(55)61,46-23-5-3-6-24-46)47-25-7-4-8-26-47/h3-42H,2H2,1H3. The number of rotatable bonds is 6. The van der Waals surface area contributed by atoms with Crippen molar-refractivity contribution in [1.29, 1.82) is 0 Å². The Morgan fingerprint density at radius 1 is 0.343 bits per heavy atom. The number of nitrogens with zero attached hydrogens (tertiary/aromatic N) is 1. The maximum Gasteiger partial charge on any atom is 0.0734 e. The van der Waals surface area contributed by atoms with Crippen LogP contribution in [0.1, 0.15) is 57.0 Å². The second kappa shape index (κ2) is 14.4. The zero-order chi connectivity index (χ0) is 44.3. The van der Waals surface area contributed by atoms with Crippen molar-refractivity contribution in [3.05, 3.63) is 293 Å². The van der Waals surface area contributed by atoms with Crippen molar-refractivity contribution in [3.8, 4) is 33.4 Å². The average molecular weight is 852 g/mol. The van der Waals surface area contributed by atoms with Crippen molar-refractivity contribution < 1.29 is 0 Å². The molecule has 67 heavy (non-hydrogen) atoms. The van der Waals surface area contributed by atoms with Crippen LogP contribution in [0.4, 0.5) is 17.1 Å². The van der Waals surface area contributed by atoms with E-state index in [2.05, 4.69) is 254 Å². The molecule has 0 aromatic heterocycles. The van der Waals surface area contributed by atoms with Crippen molar-refractivity contribution in [2.75, 3.05) is 4.90 Å². The van der Waals surface area contributed by atoms with Gasteiger partial charge in [0.25, 0.3) is 0 Å². The smallest absolute Gasteiger partial charge is 0.0734 e. The summed E-state index contributed by atoms with van der Waals surface area (Å²) in [6.45, 7) is 2.33. The molecule has 14 rings (SSSR count). The Balaban J connectivity index is 1.13. The minimum atomic E-state index is -0.611. The van der Waals surface area contributed by atoms with Gasteiger partial charge in [0.15, 0.2) is 0 Å². The molecule has 3 aliphatic carbocycles. The first kappa shape index (κ1) is 38.1. The van der Waals surface area contributed by atoms with E-state index in [9.17, 15) is 0 Å². The lowest BCUT2D eigenvalue weighted by Crippen LogP contribution is -2.33. The van der Waals surface area contributed by atoms with E-state index in [4.69, 9.17) is 0 Å². The maximum absolute atomic E-state index is 2.61. The first-order valence-corrected chi connectivity index (χ1v) is 23.7. The molecule has 0 fully saturated rings. The van der Waals surface area contributed by atoms with Crippen LogP contribution in [0.15, 0.2) is 243 Å². The Morgan fingerprint density at radius 3 is 1.57 bits per heavy atom. The molecule has 0 radical (unpaired) electrons. The molecular weight excluding hydrogens is 807 g/mol. The highest BCUT2D eigenvalue weighted by Gasteiger charge is 2.52. The Morgan fingerprint density at radius 2 is 0.851 bits per heavy atom. The van der Waals surface area contributed by atoms with Gasteiger partial charge in [-0.1, -0.05) is 225 Å². The van der Waals surface area contributed by atoms with E-state index < -0.39 is 10.8 Å². The first-order chi connectivity index (χ1) is 33.2. The van der Waals surface area contributed by atoms with Gasteiger partial charge in [0.05, 0.1) is 22.2 Å². The highest BCUT2D eigenvalue weighted by Crippen LogP contribution is 2.65. The van der Waals surface area contributed by atoms with Crippen LogP contribution in [0, 0.1) is 0 Å². The van der Waals surface area contributed by atoms with Crippen molar-refractivity contribution >= 4 is 38.6 Å². The summed E-state index contributed by atoms with van der Waals surface area (Å²) in [4.78, 5) is 2.61. The van der Waals surface area contributed by atoms with Gasteiger partial charge in [-0.3, -0.25) is 0 Å². The third-order valence-electron chi connectivity index (χ3n) is 15.5. The molecule has 1 unspecified atom stereocenters. The number of hydrogen-bond acceptors (Lipinski definition) is 1. The molecule has 11 aromatic rings. The van der Waals surface area contributed by atoms with Gasteiger partial charge in [0.2, 0.25) is 0 Å².